The van der Waals surface area contributed by atoms with Gasteiger partial charge in [-0.05, 0) is 18.2 Å². The maximum atomic E-state index is 10.8. The molecule has 20 heavy (non-hydrogen) atoms. The number of nitrogen functional groups attached to an aromatic ring is 1. The van der Waals surface area contributed by atoms with E-state index in [4.69, 9.17) is 5.84 Å². The Bertz CT molecular complexity index is 589. The van der Waals surface area contributed by atoms with E-state index < -0.39 is 4.92 Å². The van der Waals surface area contributed by atoms with Crippen LogP contribution in [0.5, 0.6) is 0 Å². The Morgan fingerprint density at radius 3 is 2.70 bits per heavy atom. The van der Waals surface area contributed by atoms with Gasteiger partial charge in [0, 0.05) is 42.7 Å². The molecule has 0 saturated carbocycles. The van der Waals surface area contributed by atoms with E-state index in [-0.39, 0.29) is 5.69 Å². The van der Waals surface area contributed by atoms with Crippen molar-refractivity contribution in [3.05, 3.63) is 58.4 Å². The Morgan fingerprint density at radius 1 is 1.25 bits per heavy atom. The van der Waals surface area contributed by atoms with Crippen molar-refractivity contribution in [2.24, 2.45) is 5.84 Å². The van der Waals surface area contributed by atoms with E-state index in [9.17, 15) is 10.1 Å². The predicted octanol–water partition coefficient (Wildman–Crippen LogP) is 1.93. The Morgan fingerprint density at radius 2 is 2.05 bits per heavy atom. The average Bonchev–Trinajstić information content (AvgIpc) is 2.48. The molecule has 7 heteroatoms. The summed E-state index contributed by atoms with van der Waals surface area (Å²) in [6.45, 7) is 0.627. The lowest BCUT2D eigenvalue weighted by Gasteiger charge is -2.08. The molecule has 0 saturated heterocycles. The molecule has 0 atom stereocenters. The zero-order valence-electron chi connectivity index (χ0n) is 10.7. The lowest BCUT2D eigenvalue weighted by atomic mass is 10.2. The molecule has 0 aliphatic heterocycles. The molecule has 0 aliphatic carbocycles. The number of nitrogens with zero attached hydrogens (tertiary/aromatic N) is 2. The lowest BCUT2D eigenvalue weighted by Crippen LogP contribution is -2.09. The van der Waals surface area contributed by atoms with Crippen LogP contribution >= 0.6 is 0 Å². The summed E-state index contributed by atoms with van der Waals surface area (Å²) in [5.74, 6) is 5.30. The van der Waals surface area contributed by atoms with Crippen LogP contribution in [0.15, 0.2) is 42.6 Å². The highest BCUT2D eigenvalue weighted by molar-refractivity contribution is 5.63. The van der Waals surface area contributed by atoms with Crippen molar-refractivity contribution in [2.45, 2.75) is 6.42 Å². The molecule has 7 nitrogen and oxygen atoms in total. The van der Waals surface area contributed by atoms with E-state index in [1.165, 1.54) is 12.1 Å². The van der Waals surface area contributed by atoms with Crippen molar-refractivity contribution in [1.82, 2.24) is 4.98 Å². The topological polar surface area (TPSA) is 106 Å². The van der Waals surface area contributed by atoms with Gasteiger partial charge in [0.1, 0.15) is 0 Å². The first-order chi connectivity index (χ1) is 9.69. The monoisotopic (exact) mass is 273 g/mol. The zero-order chi connectivity index (χ0) is 14.4. The Labute approximate surface area is 116 Å². The number of nitro benzene ring substituents is 1. The van der Waals surface area contributed by atoms with Crippen LogP contribution in [0.25, 0.3) is 0 Å². The minimum Gasteiger partial charge on any atom is -0.384 e. The molecule has 2 rings (SSSR count). The Balaban J connectivity index is 2.02. The van der Waals surface area contributed by atoms with E-state index in [1.807, 2.05) is 18.2 Å². The van der Waals surface area contributed by atoms with Gasteiger partial charge >= 0.3 is 0 Å². The number of hydrazine groups is 1. The first-order valence-electron chi connectivity index (χ1n) is 6.09. The molecule has 104 valence electrons. The van der Waals surface area contributed by atoms with Crippen LogP contribution in [0.2, 0.25) is 0 Å². The first-order valence-corrected chi connectivity index (χ1v) is 6.09. The molecule has 0 unspecified atom stereocenters. The smallest absolute Gasteiger partial charge is 0.273 e. The van der Waals surface area contributed by atoms with Crippen molar-refractivity contribution in [3.63, 3.8) is 0 Å². The number of anilines is 2. The first kappa shape index (κ1) is 13.8. The molecular weight excluding hydrogens is 258 g/mol. The van der Waals surface area contributed by atoms with Gasteiger partial charge in [-0.1, -0.05) is 6.07 Å². The summed E-state index contributed by atoms with van der Waals surface area (Å²) in [6.07, 6.45) is 2.47. The number of nitrogens with one attached hydrogen (secondary N) is 2. The minimum atomic E-state index is -0.454. The Hall–Kier alpha value is -2.67. The zero-order valence-corrected chi connectivity index (χ0v) is 10.7. The van der Waals surface area contributed by atoms with Gasteiger partial charge < -0.3 is 10.7 Å². The second kappa shape index (κ2) is 6.48. The van der Waals surface area contributed by atoms with Crippen molar-refractivity contribution in [1.29, 1.82) is 0 Å². The quantitative estimate of drug-likeness (QED) is 0.422. The number of pyridine rings is 1. The number of benzene rings is 1. The summed E-state index contributed by atoms with van der Waals surface area (Å²) < 4.78 is 0. The van der Waals surface area contributed by atoms with E-state index in [0.717, 1.165) is 12.1 Å². The summed E-state index contributed by atoms with van der Waals surface area (Å²) >= 11 is 0. The van der Waals surface area contributed by atoms with Crippen LogP contribution in [0.1, 0.15) is 5.69 Å². The van der Waals surface area contributed by atoms with Crippen molar-refractivity contribution < 1.29 is 4.92 Å². The standard InChI is InChI=1S/C13H15N5O2/c14-17-12-7-11(8-13(9-12)18(19)20)16-6-4-10-3-1-2-5-15-10/h1-3,5,7-9,16-17H,4,6,14H2. The van der Waals surface area contributed by atoms with Crippen LogP contribution in [-0.2, 0) is 6.42 Å². The molecule has 1 heterocycles. The summed E-state index contributed by atoms with van der Waals surface area (Å²) in [7, 11) is 0. The highest BCUT2D eigenvalue weighted by atomic mass is 16.6. The van der Waals surface area contributed by atoms with Gasteiger partial charge in [-0.3, -0.25) is 20.9 Å². The van der Waals surface area contributed by atoms with E-state index >= 15 is 0 Å². The number of hydrogen-bond donors (Lipinski definition) is 3. The largest absolute Gasteiger partial charge is 0.384 e. The maximum absolute atomic E-state index is 10.8. The molecule has 2 aromatic rings. The van der Waals surface area contributed by atoms with Gasteiger partial charge in [0.05, 0.1) is 10.6 Å². The van der Waals surface area contributed by atoms with E-state index in [2.05, 4.69) is 15.7 Å². The van der Waals surface area contributed by atoms with Crippen LogP contribution in [-0.4, -0.2) is 16.5 Å². The highest BCUT2D eigenvalue weighted by Gasteiger charge is 2.09. The third-order valence-corrected chi connectivity index (χ3v) is 2.73. The fourth-order valence-electron chi connectivity index (χ4n) is 1.78. The maximum Gasteiger partial charge on any atom is 0.273 e. The fourth-order valence-corrected chi connectivity index (χ4v) is 1.78. The summed E-state index contributed by atoms with van der Waals surface area (Å²) in [5, 5.41) is 13.9. The van der Waals surface area contributed by atoms with Crippen molar-refractivity contribution in [3.8, 4) is 0 Å². The van der Waals surface area contributed by atoms with Crippen LogP contribution in [0.4, 0.5) is 17.1 Å². The van der Waals surface area contributed by atoms with Gasteiger partial charge in [-0.25, -0.2) is 0 Å². The molecule has 0 aliphatic rings. The van der Waals surface area contributed by atoms with Crippen LogP contribution in [0, 0.1) is 10.1 Å². The van der Waals surface area contributed by atoms with E-state index in [0.29, 0.717) is 17.9 Å². The molecule has 1 aromatic carbocycles. The second-order valence-electron chi connectivity index (χ2n) is 4.17. The van der Waals surface area contributed by atoms with Crippen molar-refractivity contribution in [2.75, 3.05) is 17.3 Å². The van der Waals surface area contributed by atoms with Crippen LogP contribution < -0.4 is 16.6 Å². The summed E-state index contributed by atoms with van der Waals surface area (Å²) in [5.41, 5.74) is 4.49. The molecule has 4 N–H and O–H groups in total. The number of nitrogens with two attached hydrogens (primary N) is 1. The SMILES string of the molecule is NNc1cc(NCCc2ccccn2)cc([N+](=O)[O-])c1. The van der Waals surface area contributed by atoms with Gasteiger partial charge in [0.2, 0.25) is 0 Å². The minimum absolute atomic E-state index is 0.0132. The van der Waals surface area contributed by atoms with Crippen molar-refractivity contribution >= 4 is 17.1 Å². The number of nitro groups is 1. The highest BCUT2D eigenvalue weighted by Crippen LogP contribution is 2.23. The number of non-ortho nitro benzene ring substituents is 1. The molecule has 0 amide bonds. The van der Waals surface area contributed by atoms with Gasteiger partial charge in [-0.2, -0.15) is 0 Å². The molecule has 0 radical (unpaired) electrons. The number of aromatic nitrogens is 1. The third-order valence-electron chi connectivity index (χ3n) is 2.73. The van der Waals surface area contributed by atoms with Gasteiger partial charge in [0.25, 0.3) is 5.69 Å². The normalized spacial score (nSPS) is 10.1. The van der Waals surface area contributed by atoms with Gasteiger partial charge in [-0.15, -0.1) is 0 Å². The predicted molar refractivity (Wildman–Crippen MR) is 77.3 cm³/mol. The summed E-state index contributed by atoms with van der Waals surface area (Å²) in [6, 6.07) is 10.3. The lowest BCUT2D eigenvalue weighted by molar-refractivity contribution is -0.384. The molecular formula is C13H15N5O2. The van der Waals surface area contributed by atoms with Crippen LogP contribution in [0.3, 0.4) is 0 Å². The second-order valence-corrected chi connectivity index (χ2v) is 4.17. The molecule has 0 spiro atoms. The van der Waals surface area contributed by atoms with Gasteiger partial charge in [0.15, 0.2) is 0 Å². The molecule has 0 fully saturated rings. The fraction of sp³-hybridized carbons (Fsp3) is 0.154. The third kappa shape index (κ3) is 3.66. The van der Waals surface area contributed by atoms with E-state index in [1.54, 1.807) is 12.3 Å². The molecule has 1 aromatic heterocycles. The number of hydrogen-bond acceptors (Lipinski definition) is 6. The number of rotatable bonds is 6. The molecule has 0 bridgehead atoms. The average molecular weight is 273 g/mol. The Kier molecular flexibility index (Phi) is 4.46. The summed E-state index contributed by atoms with van der Waals surface area (Å²) in [4.78, 5) is 14.6.